The van der Waals surface area contributed by atoms with Gasteiger partial charge in [0.25, 0.3) is 0 Å². The molecule has 198 valence electrons. The number of rotatable bonds is 19. The highest BCUT2D eigenvalue weighted by Crippen LogP contribution is 2.18. The van der Waals surface area contributed by atoms with Gasteiger partial charge in [0.05, 0.1) is 6.61 Å². The minimum atomic E-state index is -1.15. The minimum Gasteiger partial charge on any atom is -0.481 e. The van der Waals surface area contributed by atoms with E-state index in [4.69, 9.17) is 14.6 Å². The summed E-state index contributed by atoms with van der Waals surface area (Å²) < 4.78 is 10.0. The Morgan fingerprint density at radius 2 is 1.38 bits per heavy atom. The van der Waals surface area contributed by atoms with Gasteiger partial charge in [0.15, 0.2) is 0 Å². The molecule has 1 rings (SSSR count). The van der Waals surface area contributed by atoms with Crippen molar-refractivity contribution in [2.45, 2.75) is 114 Å². The van der Waals surface area contributed by atoms with Gasteiger partial charge in [-0.1, -0.05) is 50.7 Å². The van der Waals surface area contributed by atoms with Gasteiger partial charge in [0.1, 0.15) is 31.0 Å². The zero-order valence-electron chi connectivity index (χ0n) is 20.6. The Morgan fingerprint density at radius 3 is 1.85 bits per heavy atom. The topological polar surface area (TPSA) is 134 Å². The predicted molar refractivity (Wildman–Crippen MR) is 131 cm³/mol. The average Bonchev–Trinajstić information content (AvgIpc) is 3.14. The molecule has 0 spiro atoms. The molecule has 0 aliphatic carbocycles. The number of carboxylic acid groups (broad SMARTS) is 1. The quantitative estimate of drug-likeness (QED) is 0.123. The summed E-state index contributed by atoms with van der Waals surface area (Å²) in [5, 5.41) is 37.0. The second-order valence-corrected chi connectivity index (χ2v) is 8.69. The van der Waals surface area contributed by atoms with Crippen molar-refractivity contribution in [1.82, 2.24) is 0 Å². The lowest BCUT2D eigenvalue weighted by molar-refractivity contribution is -0.151. The van der Waals surface area contributed by atoms with E-state index in [9.17, 15) is 24.9 Å². The summed E-state index contributed by atoms with van der Waals surface area (Å²) in [4.78, 5) is 21.7. The molecule has 0 aromatic rings. The Hall–Kier alpha value is -1.74. The molecule has 0 radical (unpaired) electrons. The second-order valence-electron chi connectivity index (χ2n) is 8.69. The molecule has 0 aromatic carbocycles. The second kappa shape index (κ2) is 21.8. The molecule has 1 heterocycles. The highest BCUT2D eigenvalue weighted by Gasteiger charge is 2.39. The van der Waals surface area contributed by atoms with Crippen LogP contribution in [0, 0.1) is 0 Å². The van der Waals surface area contributed by atoms with E-state index in [0.29, 0.717) is 12.8 Å². The molecule has 1 saturated heterocycles. The fourth-order valence-electron chi connectivity index (χ4n) is 3.49. The van der Waals surface area contributed by atoms with Crippen LogP contribution in [0.3, 0.4) is 0 Å². The number of hydrogen-bond acceptors (Lipinski definition) is 7. The highest BCUT2D eigenvalue weighted by molar-refractivity contribution is 5.69. The number of allylic oxidation sites excluding steroid dienone is 2. The molecule has 34 heavy (non-hydrogen) atoms. The third kappa shape index (κ3) is 17.7. The van der Waals surface area contributed by atoms with Crippen LogP contribution >= 0.6 is 0 Å². The third-order valence-electron chi connectivity index (χ3n) is 5.57. The summed E-state index contributed by atoms with van der Waals surface area (Å²) in [6, 6.07) is 0. The number of aliphatic hydroxyl groups excluding tert-OH is 3. The summed E-state index contributed by atoms with van der Waals surface area (Å²) in [6.07, 6.45) is 12.9. The van der Waals surface area contributed by atoms with Crippen molar-refractivity contribution in [3.8, 4) is 0 Å². The first-order valence-electron chi connectivity index (χ1n) is 12.6. The molecule has 1 aliphatic rings. The molecule has 1 aliphatic heterocycles. The van der Waals surface area contributed by atoms with Gasteiger partial charge in [-0.05, 0) is 38.5 Å². The van der Waals surface area contributed by atoms with E-state index in [1.54, 1.807) is 0 Å². The molecule has 1 fully saturated rings. The van der Waals surface area contributed by atoms with E-state index >= 15 is 0 Å². The Balaban J connectivity index is 0.000000770. The molecule has 8 nitrogen and oxygen atoms in total. The molecule has 0 saturated carbocycles. The third-order valence-corrected chi connectivity index (χ3v) is 5.57. The zero-order valence-corrected chi connectivity index (χ0v) is 20.6. The number of carbonyl (C=O) groups excluding carboxylic acids is 1. The van der Waals surface area contributed by atoms with Crippen LogP contribution in [0.25, 0.3) is 0 Å². The van der Waals surface area contributed by atoms with Gasteiger partial charge in [0.2, 0.25) is 0 Å². The maximum atomic E-state index is 11.5. The van der Waals surface area contributed by atoms with Gasteiger partial charge >= 0.3 is 11.9 Å². The number of carboxylic acids is 1. The fraction of sp³-hybridized carbons (Fsp3) is 0.769. The van der Waals surface area contributed by atoms with Gasteiger partial charge in [0, 0.05) is 12.8 Å². The Kier molecular flexibility index (Phi) is 20.7. The summed E-state index contributed by atoms with van der Waals surface area (Å²) in [7, 11) is 0. The van der Waals surface area contributed by atoms with E-state index in [-0.39, 0.29) is 19.2 Å². The van der Waals surface area contributed by atoms with Crippen LogP contribution in [0.4, 0.5) is 0 Å². The molecule has 4 unspecified atom stereocenters. The first-order valence-corrected chi connectivity index (χ1v) is 12.6. The van der Waals surface area contributed by atoms with Crippen LogP contribution in [0.5, 0.6) is 0 Å². The monoisotopic (exact) mass is 486 g/mol. The standard InChI is InChI=1S/C16H28O6.C10H18O2/c1-2-3-4-5-6-7-8-9-14(19)21-11-13(18)16-15(20)12(17)10-22-16;1-2-3-4-5-6-7-8-9-10(11)12/h2,12-13,15-18,20H,1,3-11H2;2H,1,3-9H2,(H,11,12). The van der Waals surface area contributed by atoms with E-state index in [1.165, 1.54) is 12.8 Å². The SMILES string of the molecule is C=CCCCCCCCC(=O)O.C=CCCCCCCCC(=O)OCC(O)C1OCC(O)C1O. The first-order chi connectivity index (χ1) is 16.3. The lowest BCUT2D eigenvalue weighted by Crippen LogP contribution is -2.41. The van der Waals surface area contributed by atoms with Crippen LogP contribution in [-0.4, -0.2) is 70.0 Å². The molecular formula is C26H46O8. The smallest absolute Gasteiger partial charge is 0.305 e. The molecule has 0 aromatic heterocycles. The van der Waals surface area contributed by atoms with Crippen LogP contribution in [-0.2, 0) is 19.1 Å². The molecule has 0 bridgehead atoms. The van der Waals surface area contributed by atoms with Crippen molar-refractivity contribution < 1.29 is 39.5 Å². The van der Waals surface area contributed by atoms with Gasteiger partial charge < -0.3 is 29.9 Å². The number of aliphatic carboxylic acids is 1. The maximum absolute atomic E-state index is 11.5. The average molecular weight is 487 g/mol. The van der Waals surface area contributed by atoms with E-state index in [0.717, 1.165) is 64.2 Å². The lowest BCUT2D eigenvalue weighted by Gasteiger charge is -2.20. The first kappa shape index (κ1) is 32.3. The van der Waals surface area contributed by atoms with Gasteiger partial charge in [-0.2, -0.15) is 0 Å². The van der Waals surface area contributed by atoms with Crippen LogP contribution < -0.4 is 0 Å². The summed E-state index contributed by atoms with van der Waals surface area (Å²) in [5.41, 5.74) is 0. The summed E-state index contributed by atoms with van der Waals surface area (Å²) in [6.45, 7) is 7.06. The van der Waals surface area contributed by atoms with Gasteiger partial charge in [-0.15, -0.1) is 13.2 Å². The van der Waals surface area contributed by atoms with Crippen molar-refractivity contribution in [3.05, 3.63) is 25.3 Å². The van der Waals surface area contributed by atoms with Crippen LogP contribution in [0.15, 0.2) is 25.3 Å². The fourth-order valence-corrected chi connectivity index (χ4v) is 3.49. The van der Waals surface area contributed by atoms with Crippen molar-refractivity contribution in [2.24, 2.45) is 0 Å². The maximum Gasteiger partial charge on any atom is 0.305 e. The van der Waals surface area contributed by atoms with E-state index in [1.807, 2.05) is 12.2 Å². The van der Waals surface area contributed by atoms with E-state index < -0.39 is 30.4 Å². The molecule has 8 heteroatoms. The van der Waals surface area contributed by atoms with Crippen molar-refractivity contribution >= 4 is 11.9 Å². The van der Waals surface area contributed by atoms with E-state index in [2.05, 4.69) is 13.2 Å². The van der Waals surface area contributed by atoms with Crippen LogP contribution in [0.2, 0.25) is 0 Å². The lowest BCUT2D eigenvalue weighted by atomic mass is 10.1. The van der Waals surface area contributed by atoms with Crippen LogP contribution in [0.1, 0.15) is 89.9 Å². The Bertz CT molecular complexity index is 551. The Labute approximate surface area is 204 Å². The Morgan fingerprint density at radius 1 is 0.882 bits per heavy atom. The predicted octanol–water partition coefficient (Wildman–Crippen LogP) is 3.92. The number of unbranched alkanes of at least 4 members (excludes halogenated alkanes) is 10. The van der Waals surface area contributed by atoms with Gasteiger partial charge in [-0.25, -0.2) is 0 Å². The number of esters is 1. The molecule has 0 amide bonds. The molecular weight excluding hydrogens is 440 g/mol. The number of carbonyl (C=O) groups is 2. The number of hydrogen-bond donors (Lipinski definition) is 4. The highest BCUT2D eigenvalue weighted by atomic mass is 16.6. The van der Waals surface area contributed by atoms with Crippen molar-refractivity contribution in [1.29, 1.82) is 0 Å². The number of aliphatic hydroxyl groups is 3. The largest absolute Gasteiger partial charge is 0.481 e. The molecule has 4 atom stereocenters. The summed E-state index contributed by atoms with van der Waals surface area (Å²) in [5.74, 6) is -1.04. The number of ether oxygens (including phenoxy) is 2. The normalized spacial score (nSPS) is 20.1. The summed E-state index contributed by atoms with van der Waals surface area (Å²) >= 11 is 0. The molecule has 4 N–H and O–H groups in total. The minimum absolute atomic E-state index is 0.0251. The van der Waals surface area contributed by atoms with Crippen molar-refractivity contribution in [2.75, 3.05) is 13.2 Å². The zero-order chi connectivity index (χ0) is 25.6. The van der Waals surface area contributed by atoms with Gasteiger partial charge in [-0.3, -0.25) is 9.59 Å². The van der Waals surface area contributed by atoms with Crippen molar-refractivity contribution in [3.63, 3.8) is 0 Å².